The van der Waals surface area contributed by atoms with Gasteiger partial charge in [-0.05, 0) is 36.5 Å². The third-order valence-corrected chi connectivity index (χ3v) is 4.07. The molecule has 5 N–H and O–H groups in total. The molecular formula is C11H17N3O2S. The van der Waals surface area contributed by atoms with Crippen LogP contribution in [0.2, 0.25) is 0 Å². The Bertz CT molecular complexity index is 536. The van der Waals surface area contributed by atoms with Crippen LogP contribution >= 0.6 is 0 Å². The van der Waals surface area contributed by atoms with Crippen molar-refractivity contribution >= 4 is 21.4 Å². The van der Waals surface area contributed by atoms with E-state index in [0.717, 1.165) is 6.54 Å². The van der Waals surface area contributed by atoms with Gasteiger partial charge in [-0.15, -0.1) is 0 Å². The van der Waals surface area contributed by atoms with E-state index in [4.69, 9.17) is 10.9 Å². The van der Waals surface area contributed by atoms with Gasteiger partial charge in [0.15, 0.2) is 0 Å². The molecular weight excluding hydrogens is 238 g/mol. The van der Waals surface area contributed by atoms with Crippen LogP contribution in [0.25, 0.3) is 0 Å². The molecule has 1 aromatic carbocycles. The molecule has 5 nitrogen and oxygen atoms in total. The molecule has 0 aromatic heterocycles. The summed E-state index contributed by atoms with van der Waals surface area (Å²) in [7, 11) is -3.68. The lowest BCUT2D eigenvalue weighted by Crippen LogP contribution is -2.15. The molecule has 1 aliphatic rings. The molecule has 0 spiro atoms. The van der Waals surface area contributed by atoms with E-state index in [1.807, 2.05) is 0 Å². The molecule has 17 heavy (non-hydrogen) atoms. The van der Waals surface area contributed by atoms with Crippen LogP contribution in [0.15, 0.2) is 23.1 Å². The summed E-state index contributed by atoms with van der Waals surface area (Å²) >= 11 is 0. The largest absolute Gasteiger partial charge is 0.397 e. The molecule has 1 fully saturated rings. The minimum Gasteiger partial charge on any atom is -0.397 e. The molecule has 0 unspecified atom stereocenters. The highest BCUT2D eigenvalue weighted by atomic mass is 32.2. The second-order valence-corrected chi connectivity index (χ2v) is 6.52. The van der Waals surface area contributed by atoms with E-state index < -0.39 is 10.0 Å². The van der Waals surface area contributed by atoms with Crippen molar-refractivity contribution in [3.05, 3.63) is 18.2 Å². The average molecular weight is 255 g/mol. The smallest absolute Gasteiger partial charge is 0.238 e. The molecule has 6 heteroatoms. The van der Waals surface area contributed by atoms with E-state index in [2.05, 4.69) is 12.2 Å². The van der Waals surface area contributed by atoms with Crippen LogP contribution in [-0.2, 0) is 10.0 Å². The summed E-state index contributed by atoms with van der Waals surface area (Å²) in [4.78, 5) is 0.0788. The lowest BCUT2D eigenvalue weighted by atomic mass is 10.1. The average Bonchev–Trinajstić information content (AvgIpc) is 2.94. The number of anilines is 2. The SMILES string of the molecule is CC1(CNc2cc(S(N)(=O)=O)ccc2N)CC1. The van der Waals surface area contributed by atoms with Gasteiger partial charge in [-0.1, -0.05) is 6.92 Å². The van der Waals surface area contributed by atoms with Crippen LogP contribution in [0.4, 0.5) is 11.4 Å². The fourth-order valence-corrected chi connectivity index (χ4v) is 2.10. The van der Waals surface area contributed by atoms with Gasteiger partial charge in [0, 0.05) is 6.54 Å². The summed E-state index contributed by atoms with van der Waals surface area (Å²) in [5.41, 5.74) is 7.27. The predicted molar refractivity (Wildman–Crippen MR) is 68.1 cm³/mol. The normalized spacial score (nSPS) is 17.8. The van der Waals surface area contributed by atoms with Gasteiger partial charge >= 0.3 is 0 Å². The van der Waals surface area contributed by atoms with Crippen molar-refractivity contribution in [3.63, 3.8) is 0 Å². The maximum atomic E-state index is 11.2. The van der Waals surface area contributed by atoms with Gasteiger partial charge in [0.2, 0.25) is 10.0 Å². The Morgan fingerprint density at radius 1 is 1.41 bits per heavy atom. The summed E-state index contributed by atoms with van der Waals surface area (Å²) in [6.07, 6.45) is 2.38. The summed E-state index contributed by atoms with van der Waals surface area (Å²) in [5.74, 6) is 0. The van der Waals surface area contributed by atoms with Crippen LogP contribution in [0.3, 0.4) is 0 Å². The number of rotatable bonds is 4. The van der Waals surface area contributed by atoms with Crippen molar-refractivity contribution in [2.24, 2.45) is 10.6 Å². The van der Waals surface area contributed by atoms with Crippen molar-refractivity contribution < 1.29 is 8.42 Å². The minimum absolute atomic E-state index is 0.0788. The highest BCUT2D eigenvalue weighted by Crippen LogP contribution is 2.45. The van der Waals surface area contributed by atoms with Crippen LogP contribution in [0.1, 0.15) is 19.8 Å². The number of primary sulfonamides is 1. The number of nitrogens with one attached hydrogen (secondary N) is 1. The lowest BCUT2D eigenvalue weighted by Gasteiger charge is -2.14. The van der Waals surface area contributed by atoms with Gasteiger partial charge in [0.05, 0.1) is 16.3 Å². The molecule has 0 radical (unpaired) electrons. The summed E-state index contributed by atoms with van der Waals surface area (Å²) in [6.45, 7) is 2.98. The Morgan fingerprint density at radius 3 is 2.59 bits per heavy atom. The van der Waals surface area contributed by atoms with Crippen LogP contribution in [-0.4, -0.2) is 15.0 Å². The summed E-state index contributed by atoms with van der Waals surface area (Å²) < 4.78 is 22.4. The maximum Gasteiger partial charge on any atom is 0.238 e. The van der Waals surface area contributed by atoms with Crippen molar-refractivity contribution in [3.8, 4) is 0 Å². The van der Waals surface area contributed by atoms with E-state index in [9.17, 15) is 8.42 Å². The van der Waals surface area contributed by atoms with Crippen molar-refractivity contribution in [2.75, 3.05) is 17.6 Å². The van der Waals surface area contributed by atoms with E-state index in [-0.39, 0.29) is 4.90 Å². The maximum absolute atomic E-state index is 11.2. The van der Waals surface area contributed by atoms with Gasteiger partial charge in [-0.2, -0.15) is 0 Å². The topological polar surface area (TPSA) is 98.2 Å². The molecule has 0 saturated heterocycles. The van der Waals surface area contributed by atoms with Crippen LogP contribution in [0, 0.1) is 5.41 Å². The molecule has 0 bridgehead atoms. The van der Waals surface area contributed by atoms with Crippen LogP contribution < -0.4 is 16.2 Å². The Morgan fingerprint density at radius 2 is 2.06 bits per heavy atom. The zero-order valence-electron chi connectivity index (χ0n) is 9.73. The fraction of sp³-hybridized carbons (Fsp3) is 0.455. The van der Waals surface area contributed by atoms with Gasteiger partial charge in [-0.3, -0.25) is 0 Å². The zero-order chi connectivity index (χ0) is 12.7. The van der Waals surface area contributed by atoms with E-state index >= 15 is 0 Å². The van der Waals surface area contributed by atoms with E-state index in [1.54, 1.807) is 6.07 Å². The van der Waals surface area contributed by atoms with Crippen molar-refractivity contribution in [1.29, 1.82) is 0 Å². The third kappa shape index (κ3) is 2.89. The molecule has 94 valence electrons. The first kappa shape index (κ1) is 12.2. The van der Waals surface area contributed by atoms with E-state index in [0.29, 0.717) is 16.8 Å². The molecule has 1 saturated carbocycles. The number of benzene rings is 1. The molecule has 1 aliphatic carbocycles. The monoisotopic (exact) mass is 255 g/mol. The standard InChI is InChI=1S/C11H17N3O2S/c1-11(4-5-11)7-14-10-6-8(17(13,15)16)2-3-9(10)12/h2-3,6,14H,4-5,7,12H2,1H3,(H2,13,15,16). The molecule has 0 heterocycles. The minimum atomic E-state index is -3.68. The Kier molecular flexibility index (Phi) is 2.79. The first-order chi connectivity index (χ1) is 7.80. The van der Waals surface area contributed by atoms with Crippen molar-refractivity contribution in [1.82, 2.24) is 0 Å². The first-order valence-electron chi connectivity index (χ1n) is 5.46. The molecule has 2 rings (SSSR count). The fourth-order valence-electron chi connectivity index (χ4n) is 1.56. The quantitative estimate of drug-likeness (QED) is 0.702. The zero-order valence-corrected chi connectivity index (χ0v) is 10.5. The number of hydrogen-bond donors (Lipinski definition) is 3. The first-order valence-corrected chi connectivity index (χ1v) is 7.01. The number of sulfonamides is 1. The highest BCUT2D eigenvalue weighted by Gasteiger charge is 2.36. The lowest BCUT2D eigenvalue weighted by molar-refractivity contribution is 0.597. The molecule has 1 aromatic rings. The highest BCUT2D eigenvalue weighted by molar-refractivity contribution is 7.89. The molecule has 0 aliphatic heterocycles. The number of nitrogens with two attached hydrogens (primary N) is 2. The van der Waals surface area contributed by atoms with E-state index in [1.165, 1.54) is 25.0 Å². The van der Waals surface area contributed by atoms with Crippen LogP contribution in [0.5, 0.6) is 0 Å². The summed E-state index contributed by atoms with van der Waals surface area (Å²) in [5, 5.41) is 8.26. The Balaban J connectivity index is 2.20. The van der Waals surface area contributed by atoms with Crippen molar-refractivity contribution in [2.45, 2.75) is 24.7 Å². The van der Waals surface area contributed by atoms with Gasteiger partial charge in [-0.25, -0.2) is 13.6 Å². The molecule has 0 atom stereocenters. The third-order valence-electron chi connectivity index (χ3n) is 3.16. The predicted octanol–water partition coefficient (Wildman–Crippen LogP) is 1.13. The van der Waals surface area contributed by atoms with Gasteiger partial charge < -0.3 is 11.1 Å². The summed E-state index contributed by atoms with van der Waals surface area (Å²) in [6, 6.07) is 4.45. The second-order valence-electron chi connectivity index (χ2n) is 4.96. The van der Waals surface area contributed by atoms with Gasteiger partial charge in [0.25, 0.3) is 0 Å². The Labute approximate surface area is 101 Å². The number of nitrogen functional groups attached to an aromatic ring is 1. The molecule has 0 amide bonds. The second kappa shape index (κ2) is 3.89. The number of hydrogen-bond acceptors (Lipinski definition) is 4. The van der Waals surface area contributed by atoms with Gasteiger partial charge in [0.1, 0.15) is 0 Å². The Hall–Kier alpha value is -1.27.